The van der Waals surface area contributed by atoms with Crippen LogP contribution in [-0.4, -0.2) is 91.7 Å². The summed E-state index contributed by atoms with van der Waals surface area (Å²) in [6.07, 6.45) is 5.58. The molecule has 0 unspecified atom stereocenters. The van der Waals surface area contributed by atoms with Gasteiger partial charge in [0.2, 0.25) is 11.5 Å². The van der Waals surface area contributed by atoms with Crippen molar-refractivity contribution in [1.82, 2.24) is 9.80 Å². The van der Waals surface area contributed by atoms with E-state index in [9.17, 15) is 0 Å². The second-order valence-corrected chi connectivity index (χ2v) is 11.6. The number of hydrogen-bond donors (Lipinski definition) is 0. The van der Waals surface area contributed by atoms with Gasteiger partial charge in [-0.15, -0.1) is 0 Å². The van der Waals surface area contributed by atoms with E-state index in [1.807, 2.05) is 12.1 Å². The first kappa shape index (κ1) is 32.5. The van der Waals surface area contributed by atoms with Gasteiger partial charge in [-0.1, -0.05) is 36.4 Å². The van der Waals surface area contributed by atoms with Crippen LogP contribution in [0.2, 0.25) is 0 Å². The predicted octanol–water partition coefficient (Wildman–Crippen LogP) is 6.62. The molecule has 0 aliphatic carbocycles. The van der Waals surface area contributed by atoms with E-state index in [1.54, 1.807) is 42.7 Å². The first-order chi connectivity index (χ1) is 22.0. The van der Waals surface area contributed by atoms with Gasteiger partial charge in [0.05, 0.1) is 42.7 Å². The Kier molecular flexibility index (Phi) is 11.1. The van der Waals surface area contributed by atoms with E-state index in [1.165, 1.54) is 30.6 Å². The van der Waals surface area contributed by atoms with Gasteiger partial charge in [-0.25, -0.2) is 0 Å². The fourth-order valence-corrected chi connectivity index (χ4v) is 6.65. The van der Waals surface area contributed by atoms with Crippen molar-refractivity contribution in [3.05, 3.63) is 59.7 Å². The molecule has 0 bridgehead atoms. The number of nitrogens with zero attached hydrogens (tertiary/aromatic N) is 2. The zero-order chi connectivity index (χ0) is 31.8. The summed E-state index contributed by atoms with van der Waals surface area (Å²) in [7, 11) is 9.95. The fraction of sp³-hybridized carbons (Fsp3) is 0.459. The lowest BCUT2D eigenvalue weighted by Crippen LogP contribution is -2.32. The second-order valence-electron chi connectivity index (χ2n) is 11.6. The molecule has 0 spiro atoms. The van der Waals surface area contributed by atoms with E-state index in [0.29, 0.717) is 34.5 Å². The molecule has 1 saturated heterocycles. The van der Waals surface area contributed by atoms with Crippen LogP contribution in [0.1, 0.15) is 30.4 Å². The van der Waals surface area contributed by atoms with Crippen LogP contribution in [0.5, 0.6) is 34.5 Å². The van der Waals surface area contributed by atoms with Gasteiger partial charge in [-0.05, 0) is 92.3 Å². The molecule has 0 atom stereocenters. The van der Waals surface area contributed by atoms with Gasteiger partial charge in [-0.3, -0.25) is 0 Å². The summed E-state index contributed by atoms with van der Waals surface area (Å²) in [5.41, 5.74) is 2.66. The largest absolute Gasteiger partial charge is 0.493 e. The van der Waals surface area contributed by atoms with Crippen LogP contribution in [0.3, 0.4) is 0 Å². The Hall–Kier alpha value is -3.88. The normalized spacial score (nSPS) is 14.4. The highest BCUT2D eigenvalue weighted by Crippen LogP contribution is 2.44. The number of methoxy groups -OCH3 is 6. The maximum absolute atomic E-state index is 5.67. The van der Waals surface area contributed by atoms with Gasteiger partial charge in [0.1, 0.15) is 0 Å². The minimum atomic E-state index is 0.632. The van der Waals surface area contributed by atoms with Crippen LogP contribution in [0.4, 0.5) is 0 Å². The van der Waals surface area contributed by atoms with Crippen molar-refractivity contribution in [2.75, 3.05) is 81.9 Å². The van der Waals surface area contributed by atoms with Crippen molar-refractivity contribution in [3.8, 4) is 34.5 Å². The Bertz CT molecular complexity index is 1470. The Morgan fingerprint density at radius 2 is 0.911 bits per heavy atom. The maximum Gasteiger partial charge on any atom is 0.203 e. The van der Waals surface area contributed by atoms with Gasteiger partial charge in [0.15, 0.2) is 23.0 Å². The minimum absolute atomic E-state index is 0.632. The molecule has 4 aromatic carbocycles. The Labute approximate surface area is 267 Å². The zero-order valence-electron chi connectivity index (χ0n) is 27.7. The average Bonchev–Trinajstić information content (AvgIpc) is 3.31. The maximum atomic E-state index is 5.67. The van der Waals surface area contributed by atoms with Crippen molar-refractivity contribution in [2.24, 2.45) is 0 Å². The van der Waals surface area contributed by atoms with Gasteiger partial charge in [0, 0.05) is 23.9 Å². The molecule has 0 N–H and O–H groups in total. The number of hydrogen-bond acceptors (Lipinski definition) is 8. The molecule has 0 saturated carbocycles. The summed E-state index contributed by atoms with van der Waals surface area (Å²) in [6, 6.07) is 17.3. The van der Waals surface area contributed by atoms with Crippen LogP contribution in [-0.2, 0) is 12.8 Å². The third-order valence-electron chi connectivity index (χ3n) is 8.97. The van der Waals surface area contributed by atoms with Crippen molar-refractivity contribution >= 4 is 21.5 Å². The molecule has 1 heterocycles. The molecule has 4 aromatic rings. The smallest absolute Gasteiger partial charge is 0.203 e. The lowest BCUT2D eigenvalue weighted by atomic mass is 10.0. The zero-order valence-corrected chi connectivity index (χ0v) is 27.7. The van der Waals surface area contributed by atoms with E-state index in [-0.39, 0.29) is 0 Å². The van der Waals surface area contributed by atoms with E-state index < -0.39 is 0 Å². The molecule has 8 nitrogen and oxygen atoms in total. The number of ether oxygens (including phenoxy) is 6. The van der Waals surface area contributed by atoms with Gasteiger partial charge in [-0.2, -0.15) is 0 Å². The van der Waals surface area contributed by atoms with Crippen LogP contribution in [0.15, 0.2) is 48.5 Å². The fourth-order valence-electron chi connectivity index (χ4n) is 6.65. The SMILES string of the molecule is COc1cc2cc(CCCN3CCCN(CCCc4ccc5c(OC)c(OC)c(OC)cc5c4)CC3)ccc2c(OC)c1OC. The van der Waals surface area contributed by atoms with E-state index in [4.69, 9.17) is 28.4 Å². The Morgan fingerprint density at radius 3 is 1.29 bits per heavy atom. The summed E-state index contributed by atoms with van der Waals surface area (Å²) < 4.78 is 33.6. The first-order valence-corrected chi connectivity index (χ1v) is 15.9. The van der Waals surface area contributed by atoms with E-state index in [2.05, 4.69) is 46.2 Å². The summed E-state index contributed by atoms with van der Waals surface area (Å²) in [5.74, 6) is 4.07. The average molecular weight is 617 g/mol. The summed E-state index contributed by atoms with van der Waals surface area (Å²) in [4.78, 5) is 5.27. The van der Waals surface area contributed by atoms with E-state index in [0.717, 1.165) is 73.4 Å². The molecule has 0 radical (unpaired) electrons. The van der Waals surface area contributed by atoms with E-state index >= 15 is 0 Å². The molecule has 1 fully saturated rings. The third-order valence-corrected chi connectivity index (χ3v) is 8.97. The van der Waals surface area contributed by atoms with Crippen molar-refractivity contribution in [1.29, 1.82) is 0 Å². The minimum Gasteiger partial charge on any atom is -0.493 e. The van der Waals surface area contributed by atoms with Crippen LogP contribution < -0.4 is 28.4 Å². The molecular weight excluding hydrogens is 568 g/mol. The van der Waals surface area contributed by atoms with Crippen molar-refractivity contribution < 1.29 is 28.4 Å². The number of rotatable bonds is 14. The van der Waals surface area contributed by atoms with Gasteiger partial charge >= 0.3 is 0 Å². The molecule has 0 aromatic heterocycles. The molecule has 5 rings (SSSR count). The number of aryl methyl sites for hydroxylation is 2. The highest BCUT2D eigenvalue weighted by Gasteiger charge is 2.18. The Balaban J connectivity index is 1.10. The topological polar surface area (TPSA) is 61.9 Å². The predicted molar refractivity (Wildman–Crippen MR) is 181 cm³/mol. The van der Waals surface area contributed by atoms with Gasteiger partial charge < -0.3 is 38.2 Å². The Morgan fingerprint density at radius 1 is 0.489 bits per heavy atom. The molecule has 8 heteroatoms. The second kappa shape index (κ2) is 15.4. The lowest BCUT2D eigenvalue weighted by Gasteiger charge is -2.22. The highest BCUT2D eigenvalue weighted by atomic mass is 16.5. The monoisotopic (exact) mass is 616 g/mol. The number of fused-ring (bicyclic) bond motifs is 2. The quantitative estimate of drug-likeness (QED) is 0.157. The third kappa shape index (κ3) is 7.34. The van der Waals surface area contributed by atoms with Crippen molar-refractivity contribution in [2.45, 2.75) is 32.1 Å². The summed E-state index contributed by atoms with van der Waals surface area (Å²) >= 11 is 0. The number of benzene rings is 4. The summed E-state index contributed by atoms with van der Waals surface area (Å²) in [6.45, 7) is 6.83. The van der Waals surface area contributed by atoms with Crippen LogP contribution >= 0.6 is 0 Å². The molecule has 45 heavy (non-hydrogen) atoms. The summed E-state index contributed by atoms with van der Waals surface area (Å²) in [5, 5.41) is 4.29. The van der Waals surface area contributed by atoms with Crippen molar-refractivity contribution in [3.63, 3.8) is 0 Å². The van der Waals surface area contributed by atoms with Crippen LogP contribution in [0.25, 0.3) is 21.5 Å². The molecular formula is C37H48N2O6. The molecule has 1 aliphatic heterocycles. The van der Waals surface area contributed by atoms with Gasteiger partial charge in [0.25, 0.3) is 0 Å². The van der Waals surface area contributed by atoms with Crippen LogP contribution in [0, 0.1) is 0 Å². The standard InChI is InChI=1S/C37H48N2O6/c1-40-32-24-28-22-26(12-14-30(28)34(42-3)36(32)44-5)10-7-16-38-18-9-19-39(21-20-38)17-8-11-27-13-15-31-29(23-27)25-33(41-2)37(45-6)35(31)43-4/h12-15,22-25H,7-11,16-21H2,1-6H3. The lowest BCUT2D eigenvalue weighted by molar-refractivity contribution is 0.253. The molecule has 1 aliphatic rings. The highest BCUT2D eigenvalue weighted by molar-refractivity contribution is 5.94. The molecule has 0 amide bonds. The molecule has 242 valence electrons. The first-order valence-electron chi connectivity index (χ1n) is 15.9.